The van der Waals surface area contributed by atoms with Gasteiger partial charge in [-0.2, -0.15) is 0 Å². The molecule has 0 fully saturated rings. The number of hydrogen-bond donors (Lipinski definition) is 1. The van der Waals surface area contributed by atoms with Crippen LogP contribution in [0.15, 0.2) is 23.3 Å². The van der Waals surface area contributed by atoms with Gasteiger partial charge in [0.05, 0.1) is 18.7 Å². The molecule has 0 saturated carbocycles. The van der Waals surface area contributed by atoms with Gasteiger partial charge in [-0.15, -0.1) is 0 Å². The molecule has 2 rings (SSSR count). The standard InChI is InChI=1S/C24H39NO4/c1-17(2)10-8-7-9-15-28-22(27)21-19(5)24(14-13-23(21,6)29-24)16-25-20(26)12-11-18(3)4/h13-14,17-18H,7-12,15-16H2,1-6H3,(H,25,26). The van der Waals surface area contributed by atoms with E-state index in [1.807, 2.05) is 26.0 Å². The molecule has 0 aliphatic carbocycles. The summed E-state index contributed by atoms with van der Waals surface area (Å²) in [6.45, 7) is 13.2. The SMILES string of the molecule is CC1=C(C(=O)OCCCCCC(C)C)C2(C)C=CC1(CNC(=O)CCC(C)C)O2. The molecule has 5 heteroatoms. The Morgan fingerprint density at radius 2 is 1.76 bits per heavy atom. The monoisotopic (exact) mass is 405 g/mol. The second-order valence-corrected chi connectivity index (χ2v) is 9.52. The van der Waals surface area contributed by atoms with Crippen molar-refractivity contribution in [3.63, 3.8) is 0 Å². The molecular formula is C24H39NO4. The van der Waals surface area contributed by atoms with E-state index in [2.05, 4.69) is 33.0 Å². The van der Waals surface area contributed by atoms with Crippen molar-refractivity contribution in [3.8, 4) is 0 Å². The quantitative estimate of drug-likeness (QED) is 0.290. The molecule has 2 heterocycles. The van der Waals surface area contributed by atoms with Crippen molar-refractivity contribution in [2.45, 2.75) is 91.3 Å². The van der Waals surface area contributed by atoms with Crippen LogP contribution in [0.5, 0.6) is 0 Å². The topological polar surface area (TPSA) is 64.6 Å². The third kappa shape index (κ3) is 5.94. The molecule has 0 aromatic carbocycles. The summed E-state index contributed by atoms with van der Waals surface area (Å²) >= 11 is 0. The Morgan fingerprint density at radius 1 is 1.07 bits per heavy atom. The molecule has 1 amide bonds. The number of esters is 1. The summed E-state index contributed by atoms with van der Waals surface area (Å²) in [4.78, 5) is 24.9. The summed E-state index contributed by atoms with van der Waals surface area (Å²) in [7, 11) is 0. The summed E-state index contributed by atoms with van der Waals surface area (Å²) in [6.07, 6.45) is 9.58. The number of carbonyl (C=O) groups is 2. The fraction of sp³-hybridized carbons (Fsp3) is 0.750. The highest BCUT2D eigenvalue weighted by Gasteiger charge is 2.56. The van der Waals surface area contributed by atoms with E-state index in [1.54, 1.807) is 0 Å². The van der Waals surface area contributed by atoms with E-state index in [4.69, 9.17) is 9.47 Å². The van der Waals surface area contributed by atoms with Gasteiger partial charge in [-0.05, 0) is 56.3 Å². The Labute approximate surface area is 176 Å². The van der Waals surface area contributed by atoms with Crippen LogP contribution < -0.4 is 5.32 Å². The van der Waals surface area contributed by atoms with Crippen LogP contribution in [-0.4, -0.2) is 36.2 Å². The minimum absolute atomic E-state index is 0.0175. The Hall–Kier alpha value is -1.62. The number of unbranched alkanes of at least 4 members (excludes halogenated alkanes) is 2. The van der Waals surface area contributed by atoms with Gasteiger partial charge in [0.1, 0.15) is 11.2 Å². The van der Waals surface area contributed by atoms with E-state index in [0.29, 0.717) is 37.0 Å². The molecule has 0 aromatic heterocycles. The Balaban J connectivity index is 1.90. The molecule has 2 aliphatic heterocycles. The van der Waals surface area contributed by atoms with Crippen molar-refractivity contribution >= 4 is 11.9 Å². The fourth-order valence-corrected chi connectivity index (χ4v) is 4.05. The lowest BCUT2D eigenvalue weighted by Gasteiger charge is -2.26. The number of carbonyl (C=O) groups excluding carboxylic acids is 2. The van der Waals surface area contributed by atoms with Crippen LogP contribution in [0.2, 0.25) is 0 Å². The highest BCUT2D eigenvalue weighted by atomic mass is 16.6. The molecule has 2 unspecified atom stereocenters. The van der Waals surface area contributed by atoms with Gasteiger partial charge in [-0.25, -0.2) is 4.79 Å². The number of nitrogens with one attached hydrogen (secondary N) is 1. The van der Waals surface area contributed by atoms with Crippen LogP contribution >= 0.6 is 0 Å². The second-order valence-electron chi connectivity index (χ2n) is 9.52. The summed E-state index contributed by atoms with van der Waals surface area (Å²) < 4.78 is 11.8. The van der Waals surface area contributed by atoms with Crippen LogP contribution in [-0.2, 0) is 19.1 Å². The molecule has 0 saturated heterocycles. The molecule has 29 heavy (non-hydrogen) atoms. The van der Waals surface area contributed by atoms with Crippen LogP contribution in [0.25, 0.3) is 0 Å². The minimum Gasteiger partial charge on any atom is -0.462 e. The Morgan fingerprint density at radius 3 is 2.41 bits per heavy atom. The fourth-order valence-electron chi connectivity index (χ4n) is 4.05. The molecular weight excluding hydrogens is 366 g/mol. The number of fused-ring (bicyclic) bond motifs is 2. The van der Waals surface area contributed by atoms with E-state index >= 15 is 0 Å². The first-order chi connectivity index (χ1) is 13.6. The number of ether oxygens (including phenoxy) is 2. The van der Waals surface area contributed by atoms with Gasteiger partial charge in [0.2, 0.25) is 5.91 Å². The number of hydrogen-bond acceptors (Lipinski definition) is 4. The first-order valence-electron chi connectivity index (χ1n) is 11.2. The predicted octanol–water partition coefficient (Wildman–Crippen LogP) is 4.71. The Kier molecular flexibility index (Phi) is 8.10. The van der Waals surface area contributed by atoms with Crippen molar-refractivity contribution < 1.29 is 19.1 Å². The van der Waals surface area contributed by atoms with Gasteiger partial charge < -0.3 is 14.8 Å². The lowest BCUT2D eigenvalue weighted by atomic mass is 9.83. The maximum absolute atomic E-state index is 12.8. The zero-order valence-electron chi connectivity index (χ0n) is 19.1. The van der Waals surface area contributed by atoms with Crippen molar-refractivity contribution in [3.05, 3.63) is 23.3 Å². The van der Waals surface area contributed by atoms with E-state index in [0.717, 1.165) is 24.8 Å². The molecule has 5 nitrogen and oxygen atoms in total. The number of rotatable bonds is 12. The van der Waals surface area contributed by atoms with Crippen LogP contribution in [0.4, 0.5) is 0 Å². The largest absolute Gasteiger partial charge is 0.462 e. The van der Waals surface area contributed by atoms with Crippen molar-refractivity contribution in [1.82, 2.24) is 5.32 Å². The van der Waals surface area contributed by atoms with Crippen molar-refractivity contribution in [2.75, 3.05) is 13.2 Å². The highest BCUT2D eigenvalue weighted by molar-refractivity contribution is 5.94. The lowest BCUT2D eigenvalue weighted by molar-refractivity contribution is -0.141. The normalized spacial score (nSPS) is 25.4. The van der Waals surface area contributed by atoms with E-state index in [9.17, 15) is 9.59 Å². The Bertz CT molecular complexity index is 664. The van der Waals surface area contributed by atoms with Gasteiger partial charge in [-0.1, -0.05) is 47.0 Å². The zero-order valence-corrected chi connectivity index (χ0v) is 19.1. The first-order valence-corrected chi connectivity index (χ1v) is 11.2. The lowest BCUT2D eigenvalue weighted by Crippen LogP contribution is -2.42. The van der Waals surface area contributed by atoms with Gasteiger partial charge in [0.25, 0.3) is 0 Å². The summed E-state index contributed by atoms with van der Waals surface area (Å²) in [5.41, 5.74) is -0.0925. The predicted molar refractivity (Wildman–Crippen MR) is 115 cm³/mol. The van der Waals surface area contributed by atoms with Gasteiger partial charge >= 0.3 is 5.97 Å². The van der Waals surface area contributed by atoms with Crippen molar-refractivity contribution in [2.24, 2.45) is 11.8 Å². The maximum atomic E-state index is 12.8. The average Bonchev–Trinajstić information content (AvgIpc) is 3.09. The average molecular weight is 406 g/mol. The highest BCUT2D eigenvalue weighted by Crippen LogP contribution is 2.49. The molecule has 0 aromatic rings. The van der Waals surface area contributed by atoms with Crippen molar-refractivity contribution in [1.29, 1.82) is 0 Å². The molecule has 164 valence electrons. The van der Waals surface area contributed by atoms with Crippen LogP contribution in [0.1, 0.15) is 80.1 Å². The smallest absolute Gasteiger partial charge is 0.337 e. The minimum atomic E-state index is -0.776. The number of amides is 1. The molecule has 2 aliphatic rings. The second kappa shape index (κ2) is 9.92. The van der Waals surface area contributed by atoms with E-state index in [1.165, 1.54) is 12.8 Å². The molecule has 0 radical (unpaired) electrons. The van der Waals surface area contributed by atoms with Crippen LogP contribution in [0.3, 0.4) is 0 Å². The molecule has 2 atom stereocenters. The van der Waals surface area contributed by atoms with E-state index < -0.39 is 11.2 Å². The van der Waals surface area contributed by atoms with E-state index in [-0.39, 0.29) is 11.9 Å². The maximum Gasteiger partial charge on any atom is 0.337 e. The molecule has 0 spiro atoms. The first kappa shape index (κ1) is 23.7. The third-order valence-electron chi connectivity index (χ3n) is 5.93. The van der Waals surface area contributed by atoms with Crippen LogP contribution in [0, 0.1) is 11.8 Å². The van der Waals surface area contributed by atoms with Gasteiger partial charge in [0.15, 0.2) is 0 Å². The van der Waals surface area contributed by atoms with Gasteiger partial charge in [-0.3, -0.25) is 4.79 Å². The summed E-state index contributed by atoms with van der Waals surface area (Å²) in [5.74, 6) is 0.921. The zero-order chi connectivity index (χ0) is 21.7. The van der Waals surface area contributed by atoms with Gasteiger partial charge in [0, 0.05) is 6.42 Å². The third-order valence-corrected chi connectivity index (χ3v) is 5.93. The molecule has 1 N–H and O–H groups in total. The molecule has 2 bridgehead atoms. The summed E-state index contributed by atoms with van der Waals surface area (Å²) in [6, 6.07) is 0. The summed E-state index contributed by atoms with van der Waals surface area (Å²) in [5, 5.41) is 2.98.